The first-order valence-electron chi connectivity index (χ1n) is 10.2. The van der Waals surface area contributed by atoms with E-state index < -0.39 is 23.6 Å². The minimum atomic E-state index is -4.50. The van der Waals surface area contributed by atoms with Gasteiger partial charge in [-0.3, -0.25) is 9.59 Å². The lowest BCUT2D eigenvalue weighted by Gasteiger charge is -2.24. The zero-order valence-electron chi connectivity index (χ0n) is 18.7. The quantitative estimate of drug-likeness (QED) is 0.461. The number of ether oxygens (including phenoxy) is 1. The highest BCUT2D eigenvalue weighted by atomic mass is 19.4. The van der Waals surface area contributed by atoms with Crippen LogP contribution in [0.2, 0.25) is 0 Å². The Hall–Kier alpha value is -3.10. The second-order valence-electron chi connectivity index (χ2n) is 7.92. The molecular formula is C23H27F3N2O4. The van der Waals surface area contributed by atoms with Crippen LogP contribution < -0.4 is 0 Å². The Morgan fingerprint density at radius 3 is 2.19 bits per heavy atom. The molecular weight excluding hydrogens is 425 g/mol. The maximum absolute atomic E-state index is 13.1. The number of benzene rings is 1. The van der Waals surface area contributed by atoms with Gasteiger partial charge in [0.15, 0.2) is 5.78 Å². The fourth-order valence-electron chi connectivity index (χ4n) is 3.47. The summed E-state index contributed by atoms with van der Waals surface area (Å²) in [5, 5.41) is 0. The summed E-state index contributed by atoms with van der Waals surface area (Å²) in [4.78, 5) is 42.3. The van der Waals surface area contributed by atoms with Gasteiger partial charge in [-0.15, -0.1) is 0 Å². The van der Waals surface area contributed by atoms with Gasteiger partial charge in [0.2, 0.25) is 0 Å². The number of hydrogen-bond acceptors (Lipinski definition) is 4. The summed E-state index contributed by atoms with van der Waals surface area (Å²) >= 11 is 0. The molecule has 1 amide bonds. The van der Waals surface area contributed by atoms with Gasteiger partial charge in [-0.05, 0) is 56.5 Å². The average molecular weight is 452 g/mol. The molecule has 1 aromatic carbocycles. The van der Waals surface area contributed by atoms with Crippen molar-refractivity contribution < 1.29 is 32.3 Å². The van der Waals surface area contributed by atoms with Crippen LogP contribution in [0, 0.1) is 19.8 Å². The van der Waals surface area contributed by atoms with Crippen LogP contribution in [-0.4, -0.2) is 47.2 Å². The summed E-state index contributed by atoms with van der Waals surface area (Å²) in [6.45, 7) is 8.81. The molecule has 1 N–H and O–H groups in total. The Morgan fingerprint density at radius 1 is 1.09 bits per heavy atom. The molecule has 9 heteroatoms. The number of esters is 1. The second-order valence-corrected chi connectivity index (χ2v) is 7.92. The molecule has 2 rings (SSSR count). The molecule has 2 aromatic rings. The monoisotopic (exact) mass is 452 g/mol. The van der Waals surface area contributed by atoms with Gasteiger partial charge in [0, 0.05) is 23.4 Å². The molecule has 1 heterocycles. The van der Waals surface area contributed by atoms with Crippen molar-refractivity contribution in [3.05, 3.63) is 57.9 Å². The molecule has 0 unspecified atom stereocenters. The molecule has 0 radical (unpaired) electrons. The van der Waals surface area contributed by atoms with E-state index in [0.717, 1.165) is 24.3 Å². The zero-order chi connectivity index (χ0) is 24.2. The van der Waals surface area contributed by atoms with E-state index >= 15 is 0 Å². The number of alkyl halides is 3. The summed E-state index contributed by atoms with van der Waals surface area (Å²) in [6, 6.07) is 3.90. The Balaban J connectivity index is 2.30. The van der Waals surface area contributed by atoms with E-state index in [9.17, 15) is 27.6 Å². The SMILES string of the molecule is CCOC(=O)c1[nH]c(C)c(C(=O)CN(CC(C)C)C(=O)c2ccc(C(F)(F)F)cc2)c1C. The van der Waals surface area contributed by atoms with E-state index in [2.05, 4.69) is 4.98 Å². The van der Waals surface area contributed by atoms with Crippen molar-refractivity contribution in [2.24, 2.45) is 5.92 Å². The fourth-order valence-corrected chi connectivity index (χ4v) is 3.47. The number of nitrogens with one attached hydrogen (secondary N) is 1. The smallest absolute Gasteiger partial charge is 0.416 e. The van der Waals surface area contributed by atoms with Gasteiger partial charge in [0.25, 0.3) is 5.91 Å². The lowest BCUT2D eigenvalue weighted by molar-refractivity contribution is -0.137. The van der Waals surface area contributed by atoms with E-state index in [1.54, 1.807) is 20.8 Å². The van der Waals surface area contributed by atoms with Crippen LogP contribution in [0.15, 0.2) is 24.3 Å². The largest absolute Gasteiger partial charge is 0.461 e. The van der Waals surface area contributed by atoms with Crippen LogP contribution in [0.3, 0.4) is 0 Å². The summed E-state index contributed by atoms with van der Waals surface area (Å²) in [5.74, 6) is -1.48. The molecule has 0 saturated heterocycles. The van der Waals surface area contributed by atoms with Crippen molar-refractivity contribution in [2.75, 3.05) is 19.7 Å². The first-order chi connectivity index (χ1) is 14.9. The highest BCUT2D eigenvalue weighted by Gasteiger charge is 2.31. The fraction of sp³-hybridized carbons (Fsp3) is 0.435. The summed E-state index contributed by atoms with van der Waals surface area (Å²) in [7, 11) is 0. The maximum Gasteiger partial charge on any atom is 0.416 e. The van der Waals surface area contributed by atoms with E-state index in [-0.39, 0.29) is 42.7 Å². The average Bonchev–Trinajstić information content (AvgIpc) is 3.00. The van der Waals surface area contributed by atoms with Gasteiger partial charge in [0.1, 0.15) is 5.69 Å². The van der Waals surface area contributed by atoms with Gasteiger partial charge >= 0.3 is 12.1 Å². The number of nitrogens with zero attached hydrogens (tertiary/aromatic N) is 1. The molecule has 32 heavy (non-hydrogen) atoms. The number of amides is 1. The van der Waals surface area contributed by atoms with Gasteiger partial charge in [0.05, 0.1) is 18.7 Å². The molecule has 174 valence electrons. The highest BCUT2D eigenvalue weighted by molar-refractivity contribution is 6.05. The molecule has 0 fully saturated rings. The molecule has 0 spiro atoms. The number of aryl methyl sites for hydroxylation is 1. The van der Waals surface area contributed by atoms with Crippen LogP contribution in [0.1, 0.15) is 68.8 Å². The second kappa shape index (κ2) is 10.0. The number of ketones is 1. The number of carbonyl (C=O) groups is 3. The van der Waals surface area contributed by atoms with Crippen LogP contribution >= 0.6 is 0 Å². The Labute approximate surface area is 184 Å². The minimum absolute atomic E-state index is 0.0182. The number of aromatic amines is 1. The van der Waals surface area contributed by atoms with Gasteiger partial charge in [-0.25, -0.2) is 4.79 Å². The molecule has 0 atom stereocenters. The predicted molar refractivity (Wildman–Crippen MR) is 113 cm³/mol. The van der Waals surface area contributed by atoms with Crippen LogP contribution in [0.4, 0.5) is 13.2 Å². The minimum Gasteiger partial charge on any atom is -0.461 e. The topological polar surface area (TPSA) is 79.5 Å². The Morgan fingerprint density at radius 2 is 1.69 bits per heavy atom. The van der Waals surface area contributed by atoms with Gasteiger partial charge in [-0.1, -0.05) is 13.8 Å². The van der Waals surface area contributed by atoms with Crippen molar-refractivity contribution in [1.29, 1.82) is 0 Å². The van der Waals surface area contributed by atoms with Crippen molar-refractivity contribution in [2.45, 2.75) is 40.8 Å². The Bertz CT molecular complexity index is 992. The van der Waals surface area contributed by atoms with E-state index in [1.165, 1.54) is 4.90 Å². The van der Waals surface area contributed by atoms with Crippen molar-refractivity contribution in [3.8, 4) is 0 Å². The van der Waals surface area contributed by atoms with Crippen molar-refractivity contribution in [3.63, 3.8) is 0 Å². The predicted octanol–water partition coefficient (Wildman–Crippen LogP) is 4.81. The molecule has 6 nitrogen and oxygen atoms in total. The number of carbonyl (C=O) groups excluding carboxylic acids is 3. The molecule has 1 aromatic heterocycles. The third-order valence-corrected chi connectivity index (χ3v) is 4.86. The van der Waals surface area contributed by atoms with Gasteiger partial charge in [-0.2, -0.15) is 13.2 Å². The van der Waals surface area contributed by atoms with E-state index in [4.69, 9.17) is 4.74 Å². The lowest BCUT2D eigenvalue weighted by atomic mass is 10.0. The number of rotatable bonds is 8. The van der Waals surface area contributed by atoms with Crippen LogP contribution in [0.5, 0.6) is 0 Å². The standard InChI is InChI=1S/C23H27F3N2O4/c1-6-32-22(31)20-14(4)19(15(5)27-20)18(29)12-28(11-13(2)3)21(30)16-7-9-17(10-8-16)23(24,25)26/h7-10,13,27H,6,11-12H2,1-5H3. The molecule has 0 aliphatic carbocycles. The summed E-state index contributed by atoms with van der Waals surface area (Å²) in [6.07, 6.45) is -4.50. The first kappa shape index (κ1) is 25.2. The lowest BCUT2D eigenvalue weighted by Crippen LogP contribution is -2.38. The normalized spacial score (nSPS) is 11.5. The van der Waals surface area contributed by atoms with E-state index in [1.807, 2.05) is 13.8 Å². The maximum atomic E-state index is 13.1. The Kier molecular flexibility index (Phi) is 7.87. The third kappa shape index (κ3) is 5.77. The molecule has 0 saturated carbocycles. The van der Waals surface area contributed by atoms with E-state index in [0.29, 0.717) is 16.8 Å². The van der Waals surface area contributed by atoms with Crippen molar-refractivity contribution >= 4 is 17.7 Å². The zero-order valence-corrected chi connectivity index (χ0v) is 18.7. The van der Waals surface area contributed by atoms with Crippen molar-refractivity contribution in [1.82, 2.24) is 9.88 Å². The highest BCUT2D eigenvalue weighted by Crippen LogP contribution is 2.29. The number of hydrogen-bond donors (Lipinski definition) is 1. The summed E-state index contributed by atoms with van der Waals surface area (Å²) in [5.41, 5.74) is 0.574. The van der Waals surface area contributed by atoms with Crippen LogP contribution in [-0.2, 0) is 10.9 Å². The van der Waals surface area contributed by atoms with Crippen LogP contribution in [0.25, 0.3) is 0 Å². The summed E-state index contributed by atoms with van der Waals surface area (Å²) < 4.78 is 43.4. The number of Topliss-reactive ketones (excluding diaryl/α,β-unsaturated/α-hetero) is 1. The first-order valence-corrected chi connectivity index (χ1v) is 10.2. The molecule has 0 aliphatic heterocycles. The van der Waals surface area contributed by atoms with Gasteiger partial charge < -0.3 is 14.6 Å². The molecule has 0 bridgehead atoms. The number of aromatic nitrogens is 1. The number of H-pyrrole nitrogens is 1. The number of halogens is 3. The third-order valence-electron chi connectivity index (χ3n) is 4.86. The molecule has 0 aliphatic rings.